The van der Waals surface area contributed by atoms with E-state index in [2.05, 4.69) is 41.5 Å². The summed E-state index contributed by atoms with van der Waals surface area (Å²) < 4.78 is 2.03. The molecule has 1 saturated heterocycles. The SMILES string of the molecule is CC1(Cc2ccc(-n3ccnc3)cc2)CCCN1. The van der Waals surface area contributed by atoms with Gasteiger partial charge in [0.05, 0.1) is 6.33 Å². The zero-order valence-electron chi connectivity index (χ0n) is 10.8. The van der Waals surface area contributed by atoms with Crippen LogP contribution in [0.25, 0.3) is 5.69 Å². The molecule has 1 aromatic carbocycles. The first-order valence-corrected chi connectivity index (χ1v) is 6.58. The molecule has 0 bridgehead atoms. The third-order valence-corrected chi connectivity index (χ3v) is 3.79. The number of hydrogen-bond donors (Lipinski definition) is 1. The van der Waals surface area contributed by atoms with Crippen molar-refractivity contribution in [1.82, 2.24) is 14.9 Å². The molecule has 1 aliphatic rings. The summed E-state index contributed by atoms with van der Waals surface area (Å²) >= 11 is 0. The third kappa shape index (κ3) is 2.31. The van der Waals surface area contributed by atoms with Gasteiger partial charge in [0.15, 0.2) is 0 Å². The largest absolute Gasteiger partial charge is 0.311 e. The van der Waals surface area contributed by atoms with E-state index in [1.807, 2.05) is 17.1 Å². The Kier molecular flexibility index (Phi) is 2.92. The fourth-order valence-corrected chi connectivity index (χ4v) is 2.76. The molecule has 18 heavy (non-hydrogen) atoms. The molecule has 2 heterocycles. The normalized spacial score (nSPS) is 23.4. The van der Waals surface area contributed by atoms with E-state index in [-0.39, 0.29) is 5.54 Å². The summed E-state index contributed by atoms with van der Waals surface area (Å²) in [5.74, 6) is 0. The molecule has 1 fully saturated rings. The van der Waals surface area contributed by atoms with E-state index >= 15 is 0 Å². The quantitative estimate of drug-likeness (QED) is 0.895. The molecule has 0 aliphatic carbocycles. The molecule has 94 valence electrons. The summed E-state index contributed by atoms with van der Waals surface area (Å²) in [6, 6.07) is 8.77. The van der Waals surface area contributed by atoms with Gasteiger partial charge in [0.2, 0.25) is 0 Å². The van der Waals surface area contributed by atoms with E-state index in [4.69, 9.17) is 0 Å². The van der Waals surface area contributed by atoms with Crippen LogP contribution in [0.1, 0.15) is 25.3 Å². The molecule has 3 rings (SSSR count). The van der Waals surface area contributed by atoms with Crippen LogP contribution < -0.4 is 5.32 Å². The predicted octanol–water partition coefficient (Wildman–Crippen LogP) is 2.56. The van der Waals surface area contributed by atoms with Crippen molar-refractivity contribution in [3.63, 3.8) is 0 Å². The zero-order valence-corrected chi connectivity index (χ0v) is 10.8. The molecule has 0 saturated carbocycles. The van der Waals surface area contributed by atoms with Gasteiger partial charge in [0, 0.05) is 23.6 Å². The van der Waals surface area contributed by atoms with E-state index in [0.29, 0.717) is 0 Å². The van der Waals surface area contributed by atoms with Crippen LogP contribution in [0.5, 0.6) is 0 Å². The van der Waals surface area contributed by atoms with Gasteiger partial charge in [-0.15, -0.1) is 0 Å². The Morgan fingerprint density at radius 1 is 1.33 bits per heavy atom. The second-order valence-corrected chi connectivity index (χ2v) is 5.40. The minimum Gasteiger partial charge on any atom is -0.311 e. The van der Waals surface area contributed by atoms with E-state index in [0.717, 1.165) is 13.0 Å². The van der Waals surface area contributed by atoms with Crippen molar-refractivity contribution in [3.8, 4) is 5.69 Å². The Morgan fingerprint density at radius 2 is 2.17 bits per heavy atom. The van der Waals surface area contributed by atoms with Gasteiger partial charge in [0.1, 0.15) is 0 Å². The Bertz CT molecular complexity index is 493. The summed E-state index contributed by atoms with van der Waals surface area (Å²) in [7, 11) is 0. The lowest BCUT2D eigenvalue weighted by Crippen LogP contribution is -2.38. The average Bonchev–Trinajstić information content (AvgIpc) is 3.02. The van der Waals surface area contributed by atoms with Crippen LogP contribution in [0.2, 0.25) is 0 Å². The number of rotatable bonds is 3. The topological polar surface area (TPSA) is 29.9 Å². The summed E-state index contributed by atoms with van der Waals surface area (Å²) in [5.41, 5.74) is 2.85. The maximum atomic E-state index is 4.07. The second kappa shape index (κ2) is 4.58. The van der Waals surface area contributed by atoms with Crippen LogP contribution in [0.3, 0.4) is 0 Å². The van der Waals surface area contributed by atoms with Crippen LogP contribution in [0.4, 0.5) is 0 Å². The Hall–Kier alpha value is -1.61. The predicted molar refractivity (Wildman–Crippen MR) is 72.9 cm³/mol. The van der Waals surface area contributed by atoms with Crippen LogP contribution in [-0.4, -0.2) is 21.6 Å². The molecule has 3 nitrogen and oxygen atoms in total. The van der Waals surface area contributed by atoms with E-state index < -0.39 is 0 Å². The molecule has 1 atom stereocenters. The molecule has 0 spiro atoms. The third-order valence-electron chi connectivity index (χ3n) is 3.79. The molecule has 1 aliphatic heterocycles. The van der Waals surface area contributed by atoms with Gasteiger partial charge in [-0.1, -0.05) is 12.1 Å². The van der Waals surface area contributed by atoms with Crippen LogP contribution >= 0.6 is 0 Å². The first-order chi connectivity index (χ1) is 8.75. The monoisotopic (exact) mass is 241 g/mol. The highest BCUT2D eigenvalue weighted by atomic mass is 15.0. The highest BCUT2D eigenvalue weighted by Gasteiger charge is 2.27. The average molecular weight is 241 g/mol. The van der Waals surface area contributed by atoms with Gasteiger partial charge in [-0.2, -0.15) is 0 Å². The molecule has 1 N–H and O–H groups in total. The number of benzene rings is 1. The van der Waals surface area contributed by atoms with Crippen LogP contribution in [-0.2, 0) is 6.42 Å². The van der Waals surface area contributed by atoms with Gasteiger partial charge < -0.3 is 9.88 Å². The van der Waals surface area contributed by atoms with Crippen molar-refractivity contribution < 1.29 is 0 Å². The van der Waals surface area contributed by atoms with Crippen LogP contribution in [0, 0.1) is 0 Å². The van der Waals surface area contributed by atoms with Gasteiger partial charge >= 0.3 is 0 Å². The Labute approximate surface area is 108 Å². The molecule has 0 amide bonds. The smallest absolute Gasteiger partial charge is 0.0991 e. The minimum absolute atomic E-state index is 0.288. The van der Waals surface area contributed by atoms with Crippen LogP contribution in [0.15, 0.2) is 43.0 Å². The first kappa shape index (κ1) is 11.5. The summed E-state index contributed by atoms with van der Waals surface area (Å²) in [6.07, 6.45) is 9.28. The van der Waals surface area contributed by atoms with Gasteiger partial charge in [-0.05, 0) is 50.4 Å². The second-order valence-electron chi connectivity index (χ2n) is 5.40. The molecule has 3 heteroatoms. The highest BCUT2D eigenvalue weighted by Crippen LogP contribution is 2.23. The number of hydrogen-bond acceptors (Lipinski definition) is 2. The van der Waals surface area contributed by atoms with Gasteiger partial charge in [-0.3, -0.25) is 0 Å². The molecule has 2 aromatic rings. The summed E-state index contributed by atoms with van der Waals surface area (Å²) in [4.78, 5) is 4.07. The lowest BCUT2D eigenvalue weighted by molar-refractivity contribution is 0.412. The minimum atomic E-state index is 0.288. The Balaban J connectivity index is 1.75. The number of aromatic nitrogens is 2. The number of nitrogens with zero attached hydrogens (tertiary/aromatic N) is 2. The van der Waals surface area contributed by atoms with Gasteiger partial charge in [-0.25, -0.2) is 4.98 Å². The molecular weight excluding hydrogens is 222 g/mol. The van der Waals surface area contributed by atoms with E-state index in [9.17, 15) is 0 Å². The van der Waals surface area contributed by atoms with Crippen molar-refractivity contribution in [2.24, 2.45) is 0 Å². The summed E-state index contributed by atoms with van der Waals surface area (Å²) in [5, 5.41) is 3.61. The fourth-order valence-electron chi connectivity index (χ4n) is 2.76. The lowest BCUT2D eigenvalue weighted by atomic mass is 9.91. The van der Waals surface area contributed by atoms with Crippen molar-refractivity contribution in [2.75, 3.05) is 6.54 Å². The standard InChI is InChI=1S/C15H19N3/c1-15(7-2-8-17-15)11-13-3-5-14(6-4-13)18-10-9-16-12-18/h3-6,9-10,12,17H,2,7-8,11H2,1H3. The maximum absolute atomic E-state index is 4.07. The van der Waals surface area contributed by atoms with Crippen molar-refractivity contribution in [1.29, 1.82) is 0 Å². The fraction of sp³-hybridized carbons (Fsp3) is 0.400. The maximum Gasteiger partial charge on any atom is 0.0991 e. The van der Waals surface area contributed by atoms with Crippen molar-refractivity contribution in [3.05, 3.63) is 48.5 Å². The van der Waals surface area contributed by atoms with Gasteiger partial charge in [0.25, 0.3) is 0 Å². The summed E-state index contributed by atoms with van der Waals surface area (Å²) in [6.45, 7) is 3.48. The zero-order chi connectivity index (χ0) is 12.4. The Morgan fingerprint density at radius 3 is 2.78 bits per heavy atom. The molecule has 0 radical (unpaired) electrons. The van der Waals surface area contributed by atoms with Crippen molar-refractivity contribution >= 4 is 0 Å². The lowest BCUT2D eigenvalue weighted by Gasteiger charge is -2.24. The van der Waals surface area contributed by atoms with Crippen molar-refractivity contribution in [2.45, 2.75) is 31.7 Å². The highest BCUT2D eigenvalue weighted by molar-refractivity contribution is 5.35. The molecule has 1 unspecified atom stereocenters. The molecular formula is C15H19N3. The molecule has 1 aromatic heterocycles. The number of nitrogens with one attached hydrogen (secondary N) is 1. The number of imidazole rings is 1. The van der Waals surface area contributed by atoms with E-state index in [1.165, 1.54) is 24.1 Å². The van der Waals surface area contributed by atoms with E-state index in [1.54, 1.807) is 6.20 Å². The first-order valence-electron chi connectivity index (χ1n) is 6.58.